The molecular formula is C18H24F8O4. The Kier molecular flexibility index (Phi) is 8.91. The van der Waals surface area contributed by atoms with Gasteiger partial charge in [-0.1, -0.05) is 41.5 Å². The Morgan fingerprint density at radius 3 is 1.03 bits per heavy atom. The molecule has 0 fully saturated rings. The van der Waals surface area contributed by atoms with E-state index in [4.69, 9.17) is 0 Å². The second-order valence-electron chi connectivity index (χ2n) is 8.65. The lowest BCUT2D eigenvalue weighted by Crippen LogP contribution is -2.50. The molecule has 0 spiro atoms. The molecule has 0 saturated carbocycles. The third kappa shape index (κ3) is 7.42. The highest BCUT2D eigenvalue weighted by molar-refractivity contribution is 5.91. The van der Waals surface area contributed by atoms with Gasteiger partial charge in [-0.25, -0.2) is 27.2 Å². The van der Waals surface area contributed by atoms with Crippen LogP contribution in [0.25, 0.3) is 0 Å². The maximum Gasteiger partial charge on any atom is 0.343 e. The van der Waals surface area contributed by atoms with Crippen molar-refractivity contribution in [1.29, 1.82) is 0 Å². The van der Waals surface area contributed by atoms with Crippen LogP contribution in [0.5, 0.6) is 0 Å². The molecule has 0 aliphatic carbocycles. The molecule has 2 unspecified atom stereocenters. The normalized spacial score (nSPS) is 16.1. The lowest BCUT2D eigenvalue weighted by molar-refractivity contribution is -0.230. The van der Waals surface area contributed by atoms with Gasteiger partial charge in [0.15, 0.2) is 12.2 Å². The summed E-state index contributed by atoms with van der Waals surface area (Å²) in [5, 5.41) is 0. The van der Waals surface area contributed by atoms with Gasteiger partial charge >= 0.3 is 36.6 Å². The molecule has 0 aliphatic heterocycles. The molecule has 30 heavy (non-hydrogen) atoms. The third-order valence-electron chi connectivity index (χ3n) is 3.68. The van der Waals surface area contributed by atoms with Crippen molar-refractivity contribution in [2.24, 2.45) is 10.8 Å². The van der Waals surface area contributed by atoms with Gasteiger partial charge in [0.2, 0.25) is 0 Å². The van der Waals surface area contributed by atoms with Crippen molar-refractivity contribution in [3.05, 3.63) is 12.2 Å². The van der Waals surface area contributed by atoms with Crippen molar-refractivity contribution in [1.82, 2.24) is 0 Å². The lowest BCUT2D eigenvalue weighted by atomic mass is 9.85. The van der Waals surface area contributed by atoms with Gasteiger partial charge in [0, 0.05) is 23.0 Å². The number of ether oxygens (including phenoxy) is 2. The largest absolute Gasteiger partial charge is 0.452 e. The summed E-state index contributed by atoms with van der Waals surface area (Å²) in [6.07, 6.45) is -13.1. The van der Waals surface area contributed by atoms with Gasteiger partial charge < -0.3 is 9.47 Å². The minimum atomic E-state index is -4.72. The summed E-state index contributed by atoms with van der Waals surface area (Å²) in [6, 6.07) is 0. The Hall–Kier alpha value is -1.88. The molecule has 0 aromatic rings. The zero-order chi connectivity index (χ0) is 24.3. The molecule has 0 aromatic heterocycles. The topological polar surface area (TPSA) is 52.6 Å². The smallest absolute Gasteiger partial charge is 0.343 e. The summed E-state index contributed by atoms with van der Waals surface area (Å²) in [5.74, 6) is -12.8. The van der Waals surface area contributed by atoms with Gasteiger partial charge in [-0.05, 0) is 0 Å². The van der Waals surface area contributed by atoms with Gasteiger partial charge in [0.1, 0.15) is 0 Å². The Balaban J connectivity index is 5.44. The maximum absolute atomic E-state index is 13.7. The molecule has 0 radical (unpaired) electrons. The van der Waals surface area contributed by atoms with E-state index in [0.29, 0.717) is 0 Å². The first-order valence-corrected chi connectivity index (χ1v) is 8.56. The highest BCUT2D eigenvalue weighted by Gasteiger charge is 2.57. The fourth-order valence-corrected chi connectivity index (χ4v) is 2.34. The molecular weight excluding hydrogens is 432 g/mol. The number of carbonyl (C=O) groups is 2. The summed E-state index contributed by atoms with van der Waals surface area (Å²) in [4.78, 5) is 23.4. The van der Waals surface area contributed by atoms with E-state index in [1.165, 1.54) is 0 Å². The predicted molar refractivity (Wildman–Crippen MR) is 89.7 cm³/mol. The number of rotatable bonds is 8. The standard InChI is InChI=1S/C18H24F8O4/c1-15(2,3)11(17(23,24)13(19)20)29-9(27)7-8-10(28)30-12(16(4,5)6)18(25,26)14(21)22/h7-8,11-14H,1-6H3/b8-7+. The summed E-state index contributed by atoms with van der Waals surface area (Å²) < 4.78 is 114. The van der Waals surface area contributed by atoms with E-state index in [1.807, 2.05) is 0 Å². The number of esters is 2. The first-order valence-electron chi connectivity index (χ1n) is 8.56. The van der Waals surface area contributed by atoms with E-state index in [1.54, 1.807) is 0 Å². The average Bonchev–Trinajstić information content (AvgIpc) is 2.52. The number of halogens is 8. The van der Waals surface area contributed by atoms with Crippen LogP contribution in [0.3, 0.4) is 0 Å². The van der Waals surface area contributed by atoms with Crippen LogP contribution in [0.15, 0.2) is 12.2 Å². The molecule has 0 rings (SSSR count). The van der Waals surface area contributed by atoms with Crippen LogP contribution in [-0.4, -0.2) is 48.8 Å². The lowest BCUT2D eigenvalue weighted by Gasteiger charge is -2.35. The molecule has 0 aliphatic rings. The van der Waals surface area contributed by atoms with Crippen molar-refractivity contribution < 1.29 is 54.2 Å². The van der Waals surface area contributed by atoms with Crippen molar-refractivity contribution in [3.63, 3.8) is 0 Å². The van der Waals surface area contributed by atoms with E-state index in [2.05, 4.69) is 9.47 Å². The molecule has 4 nitrogen and oxygen atoms in total. The van der Waals surface area contributed by atoms with Crippen LogP contribution in [0.4, 0.5) is 35.1 Å². The summed E-state index contributed by atoms with van der Waals surface area (Å²) >= 11 is 0. The van der Waals surface area contributed by atoms with Crippen LogP contribution in [-0.2, 0) is 19.1 Å². The maximum atomic E-state index is 13.7. The van der Waals surface area contributed by atoms with Gasteiger partial charge in [-0.3, -0.25) is 0 Å². The van der Waals surface area contributed by atoms with Crippen molar-refractivity contribution >= 4 is 11.9 Å². The first kappa shape index (κ1) is 28.1. The Bertz CT molecular complexity index is 579. The molecule has 0 N–H and O–H groups in total. The Labute approximate surface area is 168 Å². The minimum absolute atomic E-state index is 0.183. The van der Waals surface area contributed by atoms with Gasteiger partial charge in [-0.15, -0.1) is 0 Å². The molecule has 176 valence electrons. The number of carbonyl (C=O) groups excluding carboxylic acids is 2. The zero-order valence-electron chi connectivity index (χ0n) is 17.1. The van der Waals surface area contributed by atoms with Crippen LogP contribution in [0.2, 0.25) is 0 Å². The average molecular weight is 456 g/mol. The number of hydrogen-bond acceptors (Lipinski definition) is 4. The van der Waals surface area contributed by atoms with E-state index in [-0.39, 0.29) is 12.2 Å². The van der Waals surface area contributed by atoms with Crippen molar-refractivity contribution in [2.75, 3.05) is 0 Å². The van der Waals surface area contributed by atoms with Crippen LogP contribution in [0.1, 0.15) is 41.5 Å². The highest BCUT2D eigenvalue weighted by Crippen LogP contribution is 2.40. The SMILES string of the molecule is CC(C)(C)C(OC(=O)/C=C/C(=O)OC(C(C)(C)C)C(F)(F)C(F)F)C(F)(F)C(F)F. The van der Waals surface area contributed by atoms with E-state index in [0.717, 1.165) is 41.5 Å². The zero-order valence-corrected chi connectivity index (χ0v) is 17.1. The van der Waals surface area contributed by atoms with Crippen LogP contribution >= 0.6 is 0 Å². The second kappa shape index (κ2) is 9.51. The van der Waals surface area contributed by atoms with Crippen molar-refractivity contribution in [3.8, 4) is 0 Å². The van der Waals surface area contributed by atoms with Gasteiger partial charge in [-0.2, -0.15) is 17.6 Å². The van der Waals surface area contributed by atoms with E-state index < -0.39 is 59.7 Å². The van der Waals surface area contributed by atoms with Gasteiger partial charge in [0.25, 0.3) is 0 Å². The molecule has 0 bridgehead atoms. The van der Waals surface area contributed by atoms with Crippen LogP contribution < -0.4 is 0 Å². The Morgan fingerprint density at radius 1 is 0.633 bits per heavy atom. The third-order valence-corrected chi connectivity index (χ3v) is 3.68. The molecule has 0 aromatic carbocycles. The highest BCUT2D eigenvalue weighted by atomic mass is 19.3. The van der Waals surface area contributed by atoms with Crippen LogP contribution in [0, 0.1) is 10.8 Å². The molecule has 0 amide bonds. The molecule has 0 saturated heterocycles. The van der Waals surface area contributed by atoms with E-state index >= 15 is 0 Å². The summed E-state index contributed by atoms with van der Waals surface area (Å²) in [7, 11) is 0. The predicted octanol–water partition coefficient (Wildman–Crippen LogP) is 5.26. The molecule has 2 atom stereocenters. The van der Waals surface area contributed by atoms with Gasteiger partial charge in [0.05, 0.1) is 0 Å². The summed E-state index contributed by atoms with van der Waals surface area (Å²) in [6.45, 7) is 6.58. The number of hydrogen-bond donors (Lipinski definition) is 0. The Morgan fingerprint density at radius 2 is 0.867 bits per heavy atom. The number of alkyl halides is 8. The summed E-state index contributed by atoms with van der Waals surface area (Å²) in [5.41, 5.74) is -3.28. The fraction of sp³-hybridized carbons (Fsp3) is 0.778. The fourth-order valence-electron chi connectivity index (χ4n) is 2.34. The minimum Gasteiger partial charge on any atom is -0.452 e. The first-order chi connectivity index (χ1) is 13.1. The quantitative estimate of drug-likeness (QED) is 0.284. The van der Waals surface area contributed by atoms with E-state index in [9.17, 15) is 44.7 Å². The molecule has 0 heterocycles. The monoisotopic (exact) mass is 456 g/mol. The van der Waals surface area contributed by atoms with Crippen molar-refractivity contribution in [2.45, 2.75) is 78.4 Å². The molecule has 12 heteroatoms. The second-order valence-corrected chi connectivity index (χ2v) is 8.65.